The zero-order valence-electron chi connectivity index (χ0n) is 27.2. The van der Waals surface area contributed by atoms with Gasteiger partial charge < -0.3 is 10.2 Å². The van der Waals surface area contributed by atoms with Crippen LogP contribution in [-0.2, 0) is 32.6 Å². The van der Waals surface area contributed by atoms with Crippen molar-refractivity contribution < 1.29 is 22.4 Å². The first kappa shape index (κ1) is 35.1. The molecule has 0 spiro atoms. The maximum absolute atomic E-state index is 14.6. The highest BCUT2D eigenvalue weighted by Gasteiger charge is 2.35. The molecule has 0 radical (unpaired) electrons. The second-order valence-corrected chi connectivity index (χ2v) is 14.7. The molecule has 10 heteroatoms. The number of anilines is 1. The molecule has 48 heavy (non-hydrogen) atoms. The van der Waals surface area contributed by atoms with Gasteiger partial charge >= 0.3 is 0 Å². The first-order chi connectivity index (χ1) is 23.0. The number of carbonyl (C=O) groups is 2. The maximum atomic E-state index is 14.6. The van der Waals surface area contributed by atoms with Gasteiger partial charge in [-0.1, -0.05) is 97.1 Å². The summed E-state index contributed by atoms with van der Waals surface area (Å²) in [6, 6.07) is 25.4. The van der Waals surface area contributed by atoms with Crippen LogP contribution in [0.2, 0.25) is 5.02 Å². The van der Waals surface area contributed by atoms with Gasteiger partial charge in [-0.15, -0.1) is 0 Å². The van der Waals surface area contributed by atoms with Crippen molar-refractivity contribution in [2.45, 2.75) is 75.9 Å². The number of hydrogen-bond acceptors (Lipinski definition) is 4. The topological polar surface area (TPSA) is 86.8 Å². The SMILES string of the molecule is Cc1ccc(S(=O)(=O)N(CC(=O)N(Cc2ccc(F)cc2)C(Cc2ccccc2)C(=O)NC2CCCCC2)c2ccc(C)c(Cl)c2)cc1. The largest absolute Gasteiger partial charge is 0.352 e. The Hall–Kier alpha value is -4.21. The van der Waals surface area contributed by atoms with Gasteiger partial charge in [0.1, 0.15) is 18.4 Å². The van der Waals surface area contributed by atoms with Crippen LogP contribution in [0.4, 0.5) is 10.1 Å². The average Bonchev–Trinajstić information content (AvgIpc) is 3.08. The summed E-state index contributed by atoms with van der Waals surface area (Å²) in [5.41, 5.74) is 3.28. The zero-order valence-corrected chi connectivity index (χ0v) is 28.8. The first-order valence-corrected chi connectivity index (χ1v) is 18.1. The number of aryl methyl sites for hydroxylation is 2. The van der Waals surface area contributed by atoms with Gasteiger partial charge in [0.2, 0.25) is 11.8 Å². The zero-order chi connectivity index (χ0) is 34.3. The van der Waals surface area contributed by atoms with Crippen molar-refractivity contribution in [3.63, 3.8) is 0 Å². The van der Waals surface area contributed by atoms with Crippen LogP contribution in [-0.4, -0.2) is 43.8 Å². The van der Waals surface area contributed by atoms with Crippen molar-refractivity contribution in [3.05, 3.63) is 130 Å². The fourth-order valence-corrected chi connectivity index (χ4v) is 7.57. The molecule has 0 saturated heterocycles. The molecule has 7 nitrogen and oxygen atoms in total. The predicted molar refractivity (Wildman–Crippen MR) is 188 cm³/mol. The van der Waals surface area contributed by atoms with Crippen molar-refractivity contribution in [2.75, 3.05) is 10.8 Å². The second kappa shape index (κ2) is 15.8. The highest BCUT2D eigenvalue weighted by Crippen LogP contribution is 2.29. The molecular formula is C38H41ClFN3O4S. The molecule has 1 aliphatic rings. The minimum absolute atomic E-state index is 0.0126. The summed E-state index contributed by atoms with van der Waals surface area (Å²) in [5, 5.41) is 3.54. The lowest BCUT2D eigenvalue weighted by molar-refractivity contribution is -0.140. The van der Waals surface area contributed by atoms with Gasteiger partial charge in [0, 0.05) is 24.0 Å². The summed E-state index contributed by atoms with van der Waals surface area (Å²) in [4.78, 5) is 30.3. The van der Waals surface area contributed by atoms with Gasteiger partial charge in [0.15, 0.2) is 0 Å². The number of sulfonamides is 1. The van der Waals surface area contributed by atoms with Crippen LogP contribution in [0.25, 0.3) is 0 Å². The van der Waals surface area contributed by atoms with E-state index in [1.807, 2.05) is 37.3 Å². The van der Waals surface area contributed by atoms with Gasteiger partial charge in [-0.2, -0.15) is 0 Å². The van der Waals surface area contributed by atoms with Crippen LogP contribution in [0.3, 0.4) is 0 Å². The van der Waals surface area contributed by atoms with Crippen LogP contribution in [0.15, 0.2) is 102 Å². The van der Waals surface area contributed by atoms with E-state index in [2.05, 4.69) is 5.32 Å². The summed E-state index contributed by atoms with van der Waals surface area (Å²) in [5.74, 6) is -1.34. The third-order valence-corrected chi connectivity index (χ3v) is 11.0. The molecule has 4 aromatic carbocycles. The number of halogens is 2. The Morgan fingerprint density at radius 2 is 1.54 bits per heavy atom. The van der Waals surface area contributed by atoms with Gasteiger partial charge in [-0.25, -0.2) is 12.8 Å². The van der Waals surface area contributed by atoms with E-state index in [0.717, 1.165) is 53.1 Å². The quantitative estimate of drug-likeness (QED) is 0.168. The Morgan fingerprint density at radius 3 is 2.19 bits per heavy atom. The lowest BCUT2D eigenvalue weighted by atomic mass is 9.94. The molecule has 1 N–H and O–H groups in total. The molecular weight excluding hydrogens is 649 g/mol. The summed E-state index contributed by atoms with van der Waals surface area (Å²) in [6.07, 6.45) is 5.05. The third kappa shape index (κ3) is 8.82. The first-order valence-electron chi connectivity index (χ1n) is 16.2. The predicted octanol–water partition coefficient (Wildman–Crippen LogP) is 7.38. The number of amides is 2. The Kier molecular flexibility index (Phi) is 11.5. The molecule has 0 heterocycles. The lowest BCUT2D eigenvalue weighted by Gasteiger charge is -2.35. The van der Waals surface area contributed by atoms with Gasteiger partial charge in [0.25, 0.3) is 10.0 Å². The Labute approximate surface area is 287 Å². The number of nitrogens with zero attached hydrogens (tertiary/aromatic N) is 2. The highest BCUT2D eigenvalue weighted by molar-refractivity contribution is 7.92. The van der Waals surface area contributed by atoms with Crippen LogP contribution in [0.5, 0.6) is 0 Å². The monoisotopic (exact) mass is 689 g/mol. The smallest absolute Gasteiger partial charge is 0.264 e. The normalized spacial score (nSPS) is 14.2. The lowest BCUT2D eigenvalue weighted by Crippen LogP contribution is -2.55. The van der Waals surface area contributed by atoms with E-state index in [1.165, 1.54) is 35.2 Å². The van der Waals surface area contributed by atoms with Crippen LogP contribution in [0.1, 0.15) is 54.4 Å². The minimum atomic E-state index is -4.26. The molecule has 0 aliphatic heterocycles. The van der Waals surface area contributed by atoms with E-state index >= 15 is 0 Å². The van der Waals surface area contributed by atoms with E-state index in [0.29, 0.717) is 10.6 Å². The van der Waals surface area contributed by atoms with E-state index in [-0.39, 0.29) is 35.5 Å². The molecule has 1 atom stereocenters. The van der Waals surface area contributed by atoms with E-state index in [1.54, 1.807) is 43.3 Å². The second-order valence-electron chi connectivity index (χ2n) is 12.5. The van der Waals surface area contributed by atoms with E-state index in [4.69, 9.17) is 11.6 Å². The molecule has 1 saturated carbocycles. The molecule has 252 valence electrons. The fraction of sp³-hybridized carbons (Fsp3) is 0.316. The molecule has 1 aliphatic carbocycles. The van der Waals surface area contributed by atoms with Crippen molar-refractivity contribution in [3.8, 4) is 0 Å². The minimum Gasteiger partial charge on any atom is -0.352 e. The molecule has 0 aromatic heterocycles. The number of benzene rings is 4. The van der Waals surface area contributed by atoms with Gasteiger partial charge in [-0.3, -0.25) is 13.9 Å². The van der Waals surface area contributed by atoms with Crippen LogP contribution >= 0.6 is 11.6 Å². The van der Waals surface area contributed by atoms with Gasteiger partial charge in [-0.05, 0) is 79.8 Å². The molecule has 0 bridgehead atoms. The Balaban J connectivity index is 1.57. The highest BCUT2D eigenvalue weighted by atomic mass is 35.5. The van der Waals surface area contributed by atoms with Crippen molar-refractivity contribution in [2.24, 2.45) is 0 Å². The third-order valence-electron chi connectivity index (χ3n) is 8.82. The number of rotatable bonds is 12. The number of carbonyl (C=O) groups excluding carboxylic acids is 2. The summed E-state index contributed by atoms with van der Waals surface area (Å²) in [6.45, 7) is 3.02. The molecule has 4 aromatic rings. The average molecular weight is 690 g/mol. The molecule has 2 amide bonds. The van der Waals surface area contributed by atoms with Crippen molar-refractivity contribution in [1.29, 1.82) is 0 Å². The number of hydrogen-bond donors (Lipinski definition) is 1. The summed E-state index contributed by atoms with van der Waals surface area (Å²) in [7, 11) is -4.26. The summed E-state index contributed by atoms with van der Waals surface area (Å²) >= 11 is 6.47. The van der Waals surface area contributed by atoms with E-state index < -0.39 is 34.3 Å². The maximum Gasteiger partial charge on any atom is 0.264 e. The van der Waals surface area contributed by atoms with Crippen molar-refractivity contribution in [1.82, 2.24) is 10.2 Å². The fourth-order valence-electron chi connectivity index (χ4n) is 5.99. The van der Waals surface area contributed by atoms with Crippen LogP contribution in [0, 0.1) is 19.7 Å². The van der Waals surface area contributed by atoms with Crippen LogP contribution < -0.4 is 9.62 Å². The Bertz CT molecular complexity index is 1810. The standard InChI is InChI=1S/C38H41ClFN3O4S/c1-27-13-21-34(22-14-27)48(46,47)43(33-20-15-28(2)35(39)24-33)26-37(44)42(25-30-16-18-31(40)19-17-30)36(23-29-9-5-3-6-10-29)38(45)41-32-11-7-4-8-12-32/h3,5-6,9-10,13-22,24,32,36H,4,7-8,11-12,23,25-26H2,1-2H3,(H,41,45). The Morgan fingerprint density at radius 1 is 0.875 bits per heavy atom. The van der Waals surface area contributed by atoms with Crippen molar-refractivity contribution >= 4 is 39.1 Å². The molecule has 5 rings (SSSR count). The number of nitrogens with one attached hydrogen (secondary N) is 1. The molecule has 1 fully saturated rings. The molecule has 1 unspecified atom stereocenters. The summed E-state index contributed by atoms with van der Waals surface area (Å²) < 4.78 is 43.5. The van der Waals surface area contributed by atoms with Gasteiger partial charge in [0.05, 0.1) is 10.6 Å². The van der Waals surface area contributed by atoms with E-state index in [9.17, 15) is 22.4 Å².